The lowest BCUT2D eigenvalue weighted by Gasteiger charge is -2.23. The molecule has 0 aliphatic heterocycles. The second-order valence-electron chi connectivity index (χ2n) is 5.33. The number of nitrogens with zero attached hydrogens (tertiary/aromatic N) is 2. The lowest BCUT2D eigenvalue weighted by atomic mass is 10.0. The van der Waals surface area contributed by atoms with Crippen LogP contribution in [0.1, 0.15) is 58.2 Å². The summed E-state index contributed by atoms with van der Waals surface area (Å²) in [5, 5.41) is 0. The van der Waals surface area contributed by atoms with Crippen LogP contribution in [0.3, 0.4) is 0 Å². The highest BCUT2D eigenvalue weighted by Crippen LogP contribution is 2.19. The Balaban J connectivity index is 2.96. The first-order valence-corrected chi connectivity index (χ1v) is 7.31. The smallest absolute Gasteiger partial charge is 0.128 e. The normalized spacial score (nSPS) is 11.0. The maximum atomic E-state index is 4.88. The van der Waals surface area contributed by atoms with Gasteiger partial charge < -0.3 is 4.90 Å². The van der Waals surface area contributed by atoms with Gasteiger partial charge in [-0.2, -0.15) is 0 Å². The first-order chi connectivity index (χ1) is 8.60. The van der Waals surface area contributed by atoms with Gasteiger partial charge >= 0.3 is 0 Å². The van der Waals surface area contributed by atoms with Crippen LogP contribution in [0.2, 0.25) is 0 Å². The number of aryl methyl sites for hydroxylation is 2. The largest absolute Gasteiger partial charge is 0.357 e. The first-order valence-electron chi connectivity index (χ1n) is 7.31. The van der Waals surface area contributed by atoms with Gasteiger partial charge in [0.05, 0.1) is 0 Å². The molecule has 0 fully saturated rings. The van der Waals surface area contributed by atoms with Crippen LogP contribution in [0, 0.1) is 0 Å². The molecule has 2 heteroatoms. The van der Waals surface area contributed by atoms with Crippen LogP contribution in [-0.2, 0) is 12.8 Å². The molecule has 0 unspecified atom stereocenters. The van der Waals surface area contributed by atoms with E-state index in [4.69, 9.17) is 4.98 Å². The summed E-state index contributed by atoms with van der Waals surface area (Å²) in [6.07, 6.45) is 5.93. The topological polar surface area (TPSA) is 16.1 Å². The molecular weight excluding hydrogens is 220 g/mol. The average molecular weight is 248 g/mol. The molecule has 0 aromatic carbocycles. The molecule has 18 heavy (non-hydrogen) atoms. The molecule has 1 rings (SSSR count). The summed E-state index contributed by atoms with van der Waals surface area (Å²) in [4.78, 5) is 7.12. The SMILES string of the molecule is CCCCc1nc(N(C)C(C)C)ccc1CCC. The van der Waals surface area contributed by atoms with Crippen molar-refractivity contribution in [2.24, 2.45) is 0 Å². The second kappa shape index (κ2) is 7.40. The molecule has 0 saturated carbocycles. The van der Waals surface area contributed by atoms with E-state index in [-0.39, 0.29) is 0 Å². The van der Waals surface area contributed by atoms with Gasteiger partial charge in [-0.1, -0.05) is 32.8 Å². The highest BCUT2D eigenvalue weighted by molar-refractivity contribution is 5.42. The number of rotatable bonds is 7. The van der Waals surface area contributed by atoms with Gasteiger partial charge in [0.1, 0.15) is 5.82 Å². The van der Waals surface area contributed by atoms with Crippen molar-refractivity contribution in [1.29, 1.82) is 0 Å². The van der Waals surface area contributed by atoms with Crippen molar-refractivity contribution in [2.75, 3.05) is 11.9 Å². The minimum Gasteiger partial charge on any atom is -0.357 e. The van der Waals surface area contributed by atoms with Crippen molar-refractivity contribution >= 4 is 5.82 Å². The van der Waals surface area contributed by atoms with E-state index >= 15 is 0 Å². The Morgan fingerprint density at radius 1 is 1.11 bits per heavy atom. The Bertz CT molecular complexity index is 358. The summed E-state index contributed by atoms with van der Waals surface area (Å²) in [5.74, 6) is 1.11. The van der Waals surface area contributed by atoms with E-state index < -0.39 is 0 Å². The number of unbranched alkanes of at least 4 members (excludes halogenated alkanes) is 1. The quantitative estimate of drug-likeness (QED) is 0.718. The van der Waals surface area contributed by atoms with Crippen LogP contribution in [0.15, 0.2) is 12.1 Å². The maximum absolute atomic E-state index is 4.88. The minimum absolute atomic E-state index is 0.494. The maximum Gasteiger partial charge on any atom is 0.128 e. The molecule has 1 heterocycles. The summed E-state index contributed by atoms with van der Waals surface area (Å²) < 4.78 is 0. The van der Waals surface area contributed by atoms with Gasteiger partial charge in [0.25, 0.3) is 0 Å². The van der Waals surface area contributed by atoms with Crippen molar-refractivity contribution in [1.82, 2.24) is 4.98 Å². The Hall–Kier alpha value is -1.05. The zero-order valence-corrected chi connectivity index (χ0v) is 12.7. The number of pyridine rings is 1. The van der Waals surface area contributed by atoms with Crippen LogP contribution >= 0.6 is 0 Å². The Morgan fingerprint density at radius 3 is 2.39 bits per heavy atom. The van der Waals surface area contributed by atoms with Crippen LogP contribution in [0.25, 0.3) is 0 Å². The Morgan fingerprint density at radius 2 is 1.83 bits per heavy atom. The van der Waals surface area contributed by atoms with E-state index in [1.807, 2.05) is 0 Å². The van der Waals surface area contributed by atoms with Crippen molar-refractivity contribution in [3.05, 3.63) is 23.4 Å². The Labute approximate surface area is 112 Å². The van der Waals surface area contributed by atoms with Gasteiger partial charge in [-0.15, -0.1) is 0 Å². The molecule has 102 valence electrons. The number of anilines is 1. The number of hydrogen-bond donors (Lipinski definition) is 0. The highest BCUT2D eigenvalue weighted by atomic mass is 15.2. The predicted molar refractivity (Wildman–Crippen MR) is 80.4 cm³/mol. The average Bonchev–Trinajstić information content (AvgIpc) is 2.36. The lowest BCUT2D eigenvalue weighted by molar-refractivity contribution is 0.723. The van der Waals surface area contributed by atoms with Crippen molar-refractivity contribution in [3.8, 4) is 0 Å². The van der Waals surface area contributed by atoms with Gasteiger partial charge in [0, 0.05) is 18.8 Å². The first kappa shape index (κ1) is 15.0. The lowest BCUT2D eigenvalue weighted by Crippen LogP contribution is -2.26. The molecule has 0 atom stereocenters. The molecule has 1 aromatic rings. The molecule has 0 bridgehead atoms. The van der Waals surface area contributed by atoms with E-state index in [0.717, 1.165) is 18.7 Å². The molecule has 0 aliphatic carbocycles. The van der Waals surface area contributed by atoms with E-state index in [1.165, 1.54) is 30.5 Å². The highest BCUT2D eigenvalue weighted by Gasteiger charge is 2.10. The number of aromatic nitrogens is 1. The van der Waals surface area contributed by atoms with Crippen LogP contribution in [0.5, 0.6) is 0 Å². The summed E-state index contributed by atoms with van der Waals surface area (Å²) in [6, 6.07) is 4.93. The van der Waals surface area contributed by atoms with Gasteiger partial charge in [0.2, 0.25) is 0 Å². The molecule has 0 spiro atoms. The molecule has 2 nitrogen and oxygen atoms in total. The molecule has 0 aliphatic rings. The molecule has 0 saturated heterocycles. The van der Waals surface area contributed by atoms with Gasteiger partial charge in [-0.3, -0.25) is 0 Å². The fourth-order valence-corrected chi connectivity index (χ4v) is 2.04. The van der Waals surface area contributed by atoms with Gasteiger partial charge in [-0.05, 0) is 44.7 Å². The second-order valence-corrected chi connectivity index (χ2v) is 5.33. The fourth-order valence-electron chi connectivity index (χ4n) is 2.04. The monoisotopic (exact) mass is 248 g/mol. The molecular formula is C16H28N2. The van der Waals surface area contributed by atoms with E-state index in [1.54, 1.807) is 0 Å². The summed E-state index contributed by atoms with van der Waals surface area (Å²) in [6.45, 7) is 8.88. The molecule has 0 radical (unpaired) electrons. The zero-order valence-electron chi connectivity index (χ0n) is 12.7. The van der Waals surface area contributed by atoms with Crippen molar-refractivity contribution < 1.29 is 0 Å². The Kier molecular flexibility index (Phi) is 6.17. The van der Waals surface area contributed by atoms with Crippen LogP contribution < -0.4 is 4.90 Å². The number of hydrogen-bond acceptors (Lipinski definition) is 2. The minimum atomic E-state index is 0.494. The summed E-state index contributed by atoms with van der Waals surface area (Å²) in [7, 11) is 2.12. The van der Waals surface area contributed by atoms with Gasteiger partial charge in [-0.25, -0.2) is 4.98 Å². The van der Waals surface area contributed by atoms with Crippen molar-refractivity contribution in [3.63, 3.8) is 0 Å². The summed E-state index contributed by atoms with van der Waals surface area (Å²) in [5.41, 5.74) is 2.75. The standard InChI is InChI=1S/C16H28N2/c1-6-8-10-15-14(9-7-2)11-12-16(17-15)18(5)13(3)4/h11-13H,6-10H2,1-5H3. The molecule has 1 aromatic heterocycles. The summed E-state index contributed by atoms with van der Waals surface area (Å²) >= 11 is 0. The molecule has 0 amide bonds. The van der Waals surface area contributed by atoms with E-state index in [2.05, 4.69) is 51.8 Å². The zero-order chi connectivity index (χ0) is 13.5. The predicted octanol–water partition coefficient (Wildman–Crippen LogP) is 4.22. The van der Waals surface area contributed by atoms with Crippen LogP contribution in [0.4, 0.5) is 5.82 Å². The van der Waals surface area contributed by atoms with Crippen LogP contribution in [-0.4, -0.2) is 18.1 Å². The van der Waals surface area contributed by atoms with E-state index in [9.17, 15) is 0 Å². The third-order valence-corrected chi connectivity index (χ3v) is 3.48. The van der Waals surface area contributed by atoms with Gasteiger partial charge in [0.15, 0.2) is 0 Å². The fraction of sp³-hybridized carbons (Fsp3) is 0.688. The molecule has 0 N–H and O–H groups in total. The third kappa shape index (κ3) is 4.01. The third-order valence-electron chi connectivity index (χ3n) is 3.48. The van der Waals surface area contributed by atoms with E-state index in [0.29, 0.717) is 6.04 Å². The van der Waals surface area contributed by atoms with Crippen molar-refractivity contribution in [2.45, 2.75) is 65.8 Å².